The number of aliphatic hydroxyl groups excluding tert-OH is 1. The third kappa shape index (κ3) is 2.15. The number of aliphatic hydroxyl groups is 1. The highest BCUT2D eigenvalue weighted by Crippen LogP contribution is 2.49. The van der Waals surface area contributed by atoms with Gasteiger partial charge in [0.1, 0.15) is 17.7 Å². The zero-order valence-electron chi connectivity index (χ0n) is 14.1. The maximum absolute atomic E-state index is 13.3. The first-order valence-corrected chi connectivity index (χ1v) is 8.58. The van der Waals surface area contributed by atoms with Crippen LogP contribution in [0, 0.1) is 0 Å². The fraction of sp³-hybridized carbons (Fsp3) is 0.300. The van der Waals surface area contributed by atoms with Gasteiger partial charge in [-0.3, -0.25) is 14.5 Å². The maximum atomic E-state index is 13.3. The molecule has 2 aromatic carbocycles. The molecule has 1 unspecified atom stereocenters. The number of hydrogen-bond donors (Lipinski definition) is 3. The molecule has 1 heterocycles. The van der Waals surface area contributed by atoms with Gasteiger partial charge in [0, 0.05) is 11.3 Å². The van der Waals surface area contributed by atoms with Crippen molar-refractivity contribution in [1.82, 2.24) is 0 Å². The molecule has 1 aliphatic carbocycles. The number of benzene rings is 2. The molecule has 2 aliphatic rings. The van der Waals surface area contributed by atoms with E-state index in [1.165, 1.54) is 4.90 Å². The van der Waals surface area contributed by atoms with E-state index >= 15 is 0 Å². The second-order valence-electron chi connectivity index (χ2n) is 6.86. The monoisotopic (exact) mass is 353 g/mol. The van der Waals surface area contributed by atoms with E-state index in [0.717, 1.165) is 30.4 Å². The van der Waals surface area contributed by atoms with Crippen molar-refractivity contribution < 1.29 is 24.9 Å². The van der Waals surface area contributed by atoms with Crippen LogP contribution in [0.5, 0.6) is 5.75 Å². The van der Waals surface area contributed by atoms with Gasteiger partial charge in [-0.25, -0.2) is 0 Å². The number of nitrogens with zero attached hydrogens (tertiary/aromatic N) is 1. The van der Waals surface area contributed by atoms with E-state index in [2.05, 4.69) is 0 Å². The van der Waals surface area contributed by atoms with Crippen molar-refractivity contribution in [2.75, 3.05) is 18.1 Å². The van der Waals surface area contributed by atoms with E-state index in [1.807, 2.05) is 0 Å². The Bertz CT molecular complexity index is 922. The molecule has 6 nitrogen and oxygen atoms in total. The first-order valence-electron chi connectivity index (χ1n) is 8.58. The van der Waals surface area contributed by atoms with Gasteiger partial charge in [-0.1, -0.05) is 24.3 Å². The molecule has 0 saturated heterocycles. The summed E-state index contributed by atoms with van der Waals surface area (Å²) in [6.45, 7) is -1.05. The van der Waals surface area contributed by atoms with Crippen molar-refractivity contribution in [3.8, 4) is 5.75 Å². The molecule has 0 bridgehead atoms. The van der Waals surface area contributed by atoms with Crippen LogP contribution in [-0.2, 0) is 27.8 Å². The minimum Gasteiger partial charge on any atom is -0.508 e. The number of carbonyl (C=O) groups excluding carboxylic acids is 1. The number of anilines is 1. The third-order valence-electron chi connectivity index (χ3n) is 5.47. The smallest absolute Gasteiger partial charge is 0.323 e. The van der Waals surface area contributed by atoms with Gasteiger partial charge < -0.3 is 15.3 Å². The molecule has 3 N–H and O–H groups in total. The van der Waals surface area contributed by atoms with Crippen LogP contribution in [0.25, 0.3) is 0 Å². The minimum absolute atomic E-state index is 0.0416. The zero-order chi connectivity index (χ0) is 18.5. The number of aryl methyl sites for hydroxylation is 2. The Morgan fingerprint density at radius 3 is 2.50 bits per heavy atom. The summed E-state index contributed by atoms with van der Waals surface area (Å²) in [5.74, 6) is -1.71. The van der Waals surface area contributed by atoms with Crippen LogP contribution in [0.15, 0.2) is 36.4 Å². The lowest BCUT2D eigenvalue weighted by atomic mass is 9.75. The molecule has 0 radical (unpaired) electrons. The number of phenolic OH excluding ortho intramolecular Hbond substituents is 1. The molecule has 1 amide bonds. The van der Waals surface area contributed by atoms with Crippen molar-refractivity contribution in [3.63, 3.8) is 0 Å². The van der Waals surface area contributed by atoms with Gasteiger partial charge in [-0.05, 0) is 48.1 Å². The van der Waals surface area contributed by atoms with E-state index in [4.69, 9.17) is 0 Å². The second-order valence-corrected chi connectivity index (χ2v) is 6.86. The van der Waals surface area contributed by atoms with Crippen molar-refractivity contribution >= 4 is 17.6 Å². The number of fused-ring (bicyclic) bond motifs is 2. The lowest BCUT2D eigenvalue weighted by molar-refractivity contribution is -0.137. The van der Waals surface area contributed by atoms with Crippen LogP contribution in [0.1, 0.15) is 28.7 Å². The number of carboxylic acids is 1. The summed E-state index contributed by atoms with van der Waals surface area (Å²) >= 11 is 0. The van der Waals surface area contributed by atoms with Crippen molar-refractivity contribution in [2.45, 2.75) is 24.7 Å². The Morgan fingerprint density at radius 1 is 1.12 bits per heavy atom. The van der Waals surface area contributed by atoms with Crippen LogP contribution < -0.4 is 4.90 Å². The second kappa shape index (κ2) is 5.85. The summed E-state index contributed by atoms with van der Waals surface area (Å²) in [6, 6.07) is 10.3. The Labute approximate surface area is 150 Å². The SMILES string of the molecule is O=C(O)CN1C(=O)C(CO)(c2cc3c(cc2O)CCC3)c2ccccc21. The molecular formula is C20H19NO5. The molecule has 4 rings (SSSR count). The molecule has 2 aromatic rings. The number of hydrogen-bond acceptors (Lipinski definition) is 4. The predicted octanol–water partition coefficient (Wildman–Crippen LogP) is 1.59. The fourth-order valence-electron chi connectivity index (χ4n) is 4.27. The fourth-order valence-corrected chi connectivity index (χ4v) is 4.27. The predicted molar refractivity (Wildman–Crippen MR) is 94.4 cm³/mol. The van der Waals surface area contributed by atoms with E-state index in [-0.39, 0.29) is 5.75 Å². The standard InChI is InChI=1S/C20H19NO5/c22-11-20(15-8-12-4-3-5-13(12)9-17(15)23)14-6-1-2-7-16(14)21(19(20)26)10-18(24)25/h1-2,6-9,22-23H,3-5,10-11H2,(H,24,25). The van der Waals surface area contributed by atoms with Crippen LogP contribution in [0.2, 0.25) is 0 Å². The van der Waals surface area contributed by atoms with E-state index in [9.17, 15) is 24.9 Å². The zero-order valence-corrected chi connectivity index (χ0v) is 14.1. The lowest BCUT2D eigenvalue weighted by Crippen LogP contribution is -2.45. The number of aromatic hydroxyl groups is 1. The molecular weight excluding hydrogens is 334 g/mol. The number of para-hydroxylation sites is 1. The molecule has 0 fully saturated rings. The Kier molecular flexibility index (Phi) is 3.73. The molecule has 6 heteroatoms. The van der Waals surface area contributed by atoms with Gasteiger partial charge in [0.15, 0.2) is 0 Å². The van der Waals surface area contributed by atoms with Crippen LogP contribution in [-0.4, -0.2) is 40.3 Å². The highest BCUT2D eigenvalue weighted by atomic mass is 16.4. The summed E-state index contributed by atoms with van der Waals surface area (Å²) < 4.78 is 0. The number of rotatable bonds is 4. The topological polar surface area (TPSA) is 98.1 Å². The van der Waals surface area contributed by atoms with Crippen LogP contribution >= 0.6 is 0 Å². The minimum atomic E-state index is -1.49. The molecule has 0 spiro atoms. The van der Waals surface area contributed by atoms with E-state index in [0.29, 0.717) is 16.8 Å². The largest absolute Gasteiger partial charge is 0.508 e. The summed E-state index contributed by atoms with van der Waals surface area (Å²) in [5.41, 5.74) is 1.93. The molecule has 0 aromatic heterocycles. The average molecular weight is 353 g/mol. The van der Waals surface area contributed by atoms with Gasteiger partial charge in [0.05, 0.1) is 6.61 Å². The van der Waals surface area contributed by atoms with Crippen LogP contribution in [0.4, 0.5) is 5.69 Å². The summed E-state index contributed by atoms with van der Waals surface area (Å²) in [6.07, 6.45) is 2.73. The van der Waals surface area contributed by atoms with Crippen molar-refractivity contribution in [1.29, 1.82) is 0 Å². The maximum Gasteiger partial charge on any atom is 0.323 e. The van der Waals surface area contributed by atoms with Gasteiger partial charge in [0.25, 0.3) is 0 Å². The lowest BCUT2D eigenvalue weighted by Gasteiger charge is -2.28. The number of carbonyl (C=O) groups is 2. The quantitative estimate of drug-likeness (QED) is 0.775. The summed E-state index contributed by atoms with van der Waals surface area (Å²) in [5, 5.41) is 30.2. The highest BCUT2D eigenvalue weighted by Gasteiger charge is 2.53. The first kappa shape index (κ1) is 16.6. The third-order valence-corrected chi connectivity index (χ3v) is 5.47. The summed E-state index contributed by atoms with van der Waals surface area (Å²) in [4.78, 5) is 25.7. The number of amides is 1. The molecule has 1 aliphatic heterocycles. The highest BCUT2D eigenvalue weighted by molar-refractivity contribution is 6.12. The molecule has 134 valence electrons. The van der Waals surface area contributed by atoms with E-state index < -0.39 is 30.4 Å². The van der Waals surface area contributed by atoms with Gasteiger partial charge >= 0.3 is 5.97 Å². The Balaban J connectivity index is 1.96. The van der Waals surface area contributed by atoms with Gasteiger partial charge in [-0.15, -0.1) is 0 Å². The number of carboxylic acid groups (broad SMARTS) is 1. The van der Waals surface area contributed by atoms with Crippen molar-refractivity contribution in [3.05, 3.63) is 58.7 Å². The van der Waals surface area contributed by atoms with Crippen LogP contribution in [0.3, 0.4) is 0 Å². The Morgan fingerprint density at radius 2 is 1.81 bits per heavy atom. The normalized spacial score (nSPS) is 21.0. The average Bonchev–Trinajstić information content (AvgIpc) is 3.16. The Hall–Kier alpha value is -2.86. The number of phenols is 1. The first-order chi connectivity index (χ1) is 12.5. The van der Waals surface area contributed by atoms with Crippen molar-refractivity contribution in [2.24, 2.45) is 0 Å². The van der Waals surface area contributed by atoms with Gasteiger partial charge in [-0.2, -0.15) is 0 Å². The molecule has 26 heavy (non-hydrogen) atoms. The summed E-state index contributed by atoms with van der Waals surface area (Å²) in [7, 11) is 0. The number of aliphatic carboxylic acids is 1. The van der Waals surface area contributed by atoms with Gasteiger partial charge in [0.2, 0.25) is 5.91 Å². The van der Waals surface area contributed by atoms with E-state index in [1.54, 1.807) is 36.4 Å². The molecule has 1 atom stereocenters. The molecule has 0 saturated carbocycles.